The number of nitrogens with zero attached hydrogens (tertiary/aromatic N) is 3. The summed E-state index contributed by atoms with van der Waals surface area (Å²) in [4.78, 5) is 22.4. The normalized spacial score (nSPS) is 10.3. The quantitative estimate of drug-likeness (QED) is 0.650. The molecule has 2 aromatic rings. The topological polar surface area (TPSA) is 116 Å². The van der Waals surface area contributed by atoms with Gasteiger partial charge in [-0.15, -0.1) is 0 Å². The van der Waals surface area contributed by atoms with Crippen LogP contribution in [-0.4, -0.2) is 20.6 Å². The summed E-state index contributed by atoms with van der Waals surface area (Å²) in [6.07, 6.45) is 1.34. The molecule has 0 aliphatic carbocycles. The molecule has 1 amide bonds. The number of carbonyl (C=O) groups excluding carboxylic acids is 1. The smallest absolute Gasteiger partial charge is 0.274 e. The summed E-state index contributed by atoms with van der Waals surface area (Å²) in [5.74, 6) is -0.238. The van der Waals surface area contributed by atoms with Crippen molar-refractivity contribution in [3.05, 3.63) is 45.6 Å². The number of aromatic nitrogens is 2. The number of aryl methyl sites for hydroxylation is 2. The van der Waals surface area contributed by atoms with Gasteiger partial charge in [0.15, 0.2) is 0 Å². The minimum Gasteiger partial charge on any atom is -0.383 e. The van der Waals surface area contributed by atoms with Crippen molar-refractivity contribution >= 4 is 23.1 Å². The lowest BCUT2D eigenvalue weighted by Crippen LogP contribution is -2.14. The first-order valence-corrected chi connectivity index (χ1v) is 5.74. The largest absolute Gasteiger partial charge is 0.383 e. The van der Waals surface area contributed by atoms with Crippen LogP contribution in [-0.2, 0) is 7.05 Å². The number of carbonyl (C=O) groups is 1. The lowest BCUT2D eigenvalue weighted by Gasteiger charge is -2.05. The van der Waals surface area contributed by atoms with Crippen LogP contribution in [0.2, 0.25) is 0 Å². The van der Waals surface area contributed by atoms with E-state index < -0.39 is 10.8 Å². The van der Waals surface area contributed by atoms with Gasteiger partial charge in [0.25, 0.3) is 11.6 Å². The number of nitrogen functional groups attached to an aromatic ring is 1. The van der Waals surface area contributed by atoms with Crippen molar-refractivity contribution in [2.75, 3.05) is 11.1 Å². The molecule has 0 saturated carbocycles. The van der Waals surface area contributed by atoms with Gasteiger partial charge in [-0.2, -0.15) is 5.10 Å². The summed E-state index contributed by atoms with van der Waals surface area (Å²) in [5, 5.41) is 17.3. The standard InChI is InChI=1S/C12H13N5O3/c1-7-3-4-8(5-10(7)17(19)20)15-12(18)9-6-14-16(2)11(9)13/h3-6H,13H2,1-2H3,(H,15,18). The maximum absolute atomic E-state index is 12.0. The Morgan fingerprint density at radius 2 is 2.20 bits per heavy atom. The lowest BCUT2D eigenvalue weighted by atomic mass is 10.2. The van der Waals surface area contributed by atoms with Gasteiger partial charge < -0.3 is 11.1 Å². The number of hydrogen-bond acceptors (Lipinski definition) is 5. The third kappa shape index (κ3) is 2.44. The third-order valence-corrected chi connectivity index (χ3v) is 2.89. The second-order valence-corrected chi connectivity index (χ2v) is 4.28. The minimum absolute atomic E-state index is 0.0537. The molecule has 0 unspecified atom stereocenters. The Labute approximate surface area is 114 Å². The minimum atomic E-state index is -0.497. The summed E-state index contributed by atoms with van der Waals surface area (Å²) >= 11 is 0. The predicted octanol–water partition coefficient (Wildman–Crippen LogP) is 1.47. The number of rotatable bonds is 3. The first kappa shape index (κ1) is 13.5. The SMILES string of the molecule is Cc1ccc(NC(=O)c2cnn(C)c2N)cc1[N+](=O)[O-]. The van der Waals surface area contributed by atoms with E-state index in [1.807, 2.05) is 0 Å². The van der Waals surface area contributed by atoms with Crippen LogP contribution >= 0.6 is 0 Å². The van der Waals surface area contributed by atoms with Gasteiger partial charge in [-0.1, -0.05) is 6.07 Å². The molecule has 1 aromatic carbocycles. The van der Waals surface area contributed by atoms with E-state index in [1.54, 1.807) is 26.1 Å². The molecule has 0 aliphatic heterocycles. The van der Waals surface area contributed by atoms with Gasteiger partial charge >= 0.3 is 0 Å². The molecule has 0 fully saturated rings. The Morgan fingerprint density at radius 1 is 1.50 bits per heavy atom. The van der Waals surface area contributed by atoms with Gasteiger partial charge in [0.1, 0.15) is 11.4 Å². The molecule has 0 atom stereocenters. The van der Waals surface area contributed by atoms with Gasteiger partial charge in [0, 0.05) is 24.4 Å². The zero-order chi connectivity index (χ0) is 14.9. The average molecular weight is 275 g/mol. The van der Waals surface area contributed by atoms with Gasteiger partial charge in [-0.25, -0.2) is 0 Å². The maximum atomic E-state index is 12.0. The number of benzene rings is 1. The van der Waals surface area contributed by atoms with Crippen LogP contribution in [0.3, 0.4) is 0 Å². The molecule has 0 aliphatic rings. The summed E-state index contributed by atoms with van der Waals surface area (Å²) in [6.45, 7) is 1.63. The summed E-state index contributed by atoms with van der Waals surface area (Å²) < 4.78 is 1.37. The van der Waals surface area contributed by atoms with E-state index in [-0.39, 0.29) is 17.1 Å². The first-order chi connectivity index (χ1) is 9.40. The monoisotopic (exact) mass is 275 g/mol. The van der Waals surface area contributed by atoms with Crippen LogP contribution in [0.1, 0.15) is 15.9 Å². The van der Waals surface area contributed by atoms with Crippen molar-refractivity contribution in [3.63, 3.8) is 0 Å². The Morgan fingerprint density at radius 3 is 2.75 bits per heavy atom. The summed E-state index contributed by atoms with van der Waals surface area (Å²) in [5.41, 5.74) is 6.71. The van der Waals surface area contributed by atoms with E-state index in [4.69, 9.17) is 5.73 Å². The molecule has 0 bridgehead atoms. The molecule has 8 heteroatoms. The number of nitrogens with one attached hydrogen (secondary N) is 1. The Bertz CT molecular complexity index is 692. The van der Waals surface area contributed by atoms with E-state index in [2.05, 4.69) is 10.4 Å². The Balaban J connectivity index is 2.26. The molecular formula is C12H13N5O3. The lowest BCUT2D eigenvalue weighted by molar-refractivity contribution is -0.385. The fourth-order valence-electron chi connectivity index (χ4n) is 1.70. The van der Waals surface area contributed by atoms with Gasteiger partial charge in [0.2, 0.25) is 0 Å². The number of anilines is 2. The van der Waals surface area contributed by atoms with Crippen LogP contribution in [0.25, 0.3) is 0 Å². The van der Waals surface area contributed by atoms with Crippen LogP contribution in [0, 0.1) is 17.0 Å². The van der Waals surface area contributed by atoms with Crippen molar-refractivity contribution in [3.8, 4) is 0 Å². The number of amides is 1. The number of nitro groups is 1. The molecule has 104 valence electrons. The predicted molar refractivity (Wildman–Crippen MR) is 73.4 cm³/mol. The molecule has 0 spiro atoms. The summed E-state index contributed by atoms with van der Waals surface area (Å²) in [6, 6.07) is 4.47. The molecule has 2 rings (SSSR count). The fraction of sp³-hybridized carbons (Fsp3) is 0.167. The van der Waals surface area contributed by atoms with Crippen molar-refractivity contribution in [2.45, 2.75) is 6.92 Å². The number of hydrogen-bond donors (Lipinski definition) is 2. The molecule has 1 heterocycles. The summed E-state index contributed by atoms with van der Waals surface area (Å²) in [7, 11) is 1.61. The molecule has 0 saturated heterocycles. The van der Waals surface area contributed by atoms with E-state index in [0.717, 1.165) is 0 Å². The average Bonchev–Trinajstić information content (AvgIpc) is 2.72. The highest BCUT2D eigenvalue weighted by molar-refractivity contribution is 6.07. The van der Waals surface area contributed by atoms with Crippen molar-refractivity contribution in [1.29, 1.82) is 0 Å². The Hall–Kier alpha value is -2.90. The number of nitro benzene ring substituents is 1. The highest BCUT2D eigenvalue weighted by Crippen LogP contribution is 2.23. The molecule has 3 N–H and O–H groups in total. The zero-order valence-corrected chi connectivity index (χ0v) is 11.0. The molecule has 1 aromatic heterocycles. The fourth-order valence-corrected chi connectivity index (χ4v) is 1.70. The van der Waals surface area contributed by atoms with Gasteiger partial charge in [0.05, 0.1) is 11.1 Å². The van der Waals surface area contributed by atoms with Crippen molar-refractivity contribution in [2.24, 2.45) is 7.05 Å². The highest BCUT2D eigenvalue weighted by Gasteiger charge is 2.16. The van der Waals surface area contributed by atoms with Crippen LogP contribution in [0.5, 0.6) is 0 Å². The third-order valence-electron chi connectivity index (χ3n) is 2.89. The molecular weight excluding hydrogens is 262 g/mol. The molecule has 0 radical (unpaired) electrons. The maximum Gasteiger partial charge on any atom is 0.274 e. The van der Waals surface area contributed by atoms with Gasteiger partial charge in [-0.3, -0.25) is 19.6 Å². The second-order valence-electron chi connectivity index (χ2n) is 4.28. The zero-order valence-electron chi connectivity index (χ0n) is 11.0. The molecule has 8 nitrogen and oxygen atoms in total. The second kappa shape index (κ2) is 5.00. The van der Waals surface area contributed by atoms with E-state index in [0.29, 0.717) is 11.3 Å². The highest BCUT2D eigenvalue weighted by atomic mass is 16.6. The van der Waals surface area contributed by atoms with Crippen LogP contribution in [0.15, 0.2) is 24.4 Å². The Kier molecular flexibility index (Phi) is 3.38. The number of nitrogens with two attached hydrogens (primary N) is 1. The van der Waals surface area contributed by atoms with E-state index in [9.17, 15) is 14.9 Å². The van der Waals surface area contributed by atoms with Gasteiger partial charge in [-0.05, 0) is 13.0 Å². The van der Waals surface area contributed by atoms with Crippen LogP contribution < -0.4 is 11.1 Å². The molecule has 20 heavy (non-hydrogen) atoms. The van der Waals surface area contributed by atoms with Crippen molar-refractivity contribution in [1.82, 2.24) is 9.78 Å². The van der Waals surface area contributed by atoms with Crippen molar-refractivity contribution < 1.29 is 9.72 Å². The van der Waals surface area contributed by atoms with Crippen LogP contribution in [0.4, 0.5) is 17.2 Å². The van der Waals surface area contributed by atoms with E-state index in [1.165, 1.54) is 16.9 Å². The first-order valence-electron chi connectivity index (χ1n) is 5.74. The van der Waals surface area contributed by atoms with E-state index >= 15 is 0 Å².